The van der Waals surface area contributed by atoms with E-state index in [1.54, 1.807) is 13.8 Å². The fourth-order valence-electron chi connectivity index (χ4n) is 3.47. The standard InChI is InChI=1S/C18H20F3N3O3/c1-10(2)24-14-4-3-12(9-13(14)22-17(24)18(19,20)21)15(25)23-7-5-11(6-8-23)16(26)27/h3-4,9-11H,5-8H2,1-2H3,(H,26,27). The normalized spacial score (nSPS) is 16.3. The number of amides is 1. The zero-order chi connectivity index (χ0) is 19.9. The molecule has 146 valence electrons. The quantitative estimate of drug-likeness (QED) is 0.879. The number of fused-ring (bicyclic) bond motifs is 1. The third-order valence-electron chi connectivity index (χ3n) is 4.84. The van der Waals surface area contributed by atoms with Gasteiger partial charge >= 0.3 is 12.1 Å². The predicted molar refractivity (Wildman–Crippen MR) is 91.4 cm³/mol. The Morgan fingerprint density at radius 1 is 1.22 bits per heavy atom. The molecule has 1 aromatic carbocycles. The molecule has 6 nitrogen and oxygen atoms in total. The molecule has 0 bridgehead atoms. The molecule has 0 saturated carbocycles. The number of hydrogen-bond donors (Lipinski definition) is 1. The Balaban J connectivity index is 1.91. The van der Waals surface area contributed by atoms with E-state index in [0.29, 0.717) is 31.4 Å². The fraction of sp³-hybridized carbons (Fsp3) is 0.500. The maximum Gasteiger partial charge on any atom is 0.449 e. The van der Waals surface area contributed by atoms with Gasteiger partial charge in [0.1, 0.15) is 0 Å². The minimum atomic E-state index is -4.59. The summed E-state index contributed by atoms with van der Waals surface area (Å²) in [5.74, 6) is -2.65. The largest absolute Gasteiger partial charge is 0.481 e. The highest BCUT2D eigenvalue weighted by atomic mass is 19.4. The summed E-state index contributed by atoms with van der Waals surface area (Å²) in [6.45, 7) is 3.90. The van der Waals surface area contributed by atoms with Crippen LogP contribution in [0.2, 0.25) is 0 Å². The topological polar surface area (TPSA) is 75.4 Å². The summed E-state index contributed by atoms with van der Waals surface area (Å²) in [4.78, 5) is 28.9. The van der Waals surface area contributed by atoms with Crippen LogP contribution < -0.4 is 0 Å². The Kier molecular flexibility index (Phi) is 4.88. The lowest BCUT2D eigenvalue weighted by atomic mass is 9.96. The van der Waals surface area contributed by atoms with Crippen molar-refractivity contribution in [1.82, 2.24) is 14.5 Å². The number of imidazole rings is 1. The van der Waals surface area contributed by atoms with Crippen molar-refractivity contribution in [3.8, 4) is 0 Å². The zero-order valence-electron chi connectivity index (χ0n) is 15.0. The van der Waals surface area contributed by atoms with Crippen molar-refractivity contribution in [2.24, 2.45) is 5.92 Å². The number of carbonyl (C=O) groups excluding carboxylic acids is 1. The number of benzene rings is 1. The minimum absolute atomic E-state index is 0.113. The molecule has 2 heterocycles. The maximum atomic E-state index is 13.3. The van der Waals surface area contributed by atoms with Crippen LogP contribution in [0.1, 0.15) is 48.9 Å². The van der Waals surface area contributed by atoms with Crippen LogP contribution in [0.15, 0.2) is 18.2 Å². The Labute approximate surface area is 153 Å². The zero-order valence-corrected chi connectivity index (χ0v) is 15.0. The summed E-state index contributed by atoms with van der Waals surface area (Å²) >= 11 is 0. The first-order valence-electron chi connectivity index (χ1n) is 8.71. The molecule has 0 aliphatic carbocycles. The van der Waals surface area contributed by atoms with E-state index in [9.17, 15) is 22.8 Å². The van der Waals surface area contributed by atoms with Crippen molar-refractivity contribution < 1.29 is 27.9 Å². The molecule has 0 radical (unpaired) electrons. The SMILES string of the molecule is CC(C)n1c(C(F)(F)F)nc2cc(C(=O)N3CCC(C(=O)O)CC3)ccc21. The van der Waals surface area contributed by atoms with E-state index in [4.69, 9.17) is 5.11 Å². The molecule has 1 saturated heterocycles. The minimum Gasteiger partial charge on any atom is -0.481 e. The van der Waals surface area contributed by atoms with E-state index in [0.717, 1.165) is 4.57 Å². The summed E-state index contributed by atoms with van der Waals surface area (Å²) in [7, 11) is 0. The lowest BCUT2D eigenvalue weighted by Crippen LogP contribution is -2.40. The number of carboxylic acids is 1. The van der Waals surface area contributed by atoms with Crippen LogP contribution in [0, 0.1) is 5.92 Å². The average molecular weight is 383 g/mol. The molecule has 2 aromatic rings. The monoisotopic (exact) mass is 383 g/mol. The highest BCUT2D eigenvalue weighted by Crippen LogP contribution is 2.34. The molecule has 0 spiro atoms. The van der Waals surface area contributed by atoms with E-state index in [-0.39, 0.29) is 17.0 Å². The molecule has 3 rings (SSSR count). The Morgan fingerprint density at radius 2 is 1.85 bits per heavy atom. The number of carbonyl (C=O) groups is 2. The molecule has 1 N–H and O–H groups in total. The van der Waals surface area contributed by atoms with Crippen LogP contribution >= 0.6 is 0 Å². The second-order valence-corrected chi connectivity index (χ2v) is 7.01. The number of likely N-dealkylation sites (tertiary alicyclic amines) is 1. The van der Waals surface area contributed by atoms with E-state index in [1.807, 2.05) is 0 Å². The summed E-state index contributed by atoms with van der Waals surface area (Å²) in [5.41, 5.74) is 0.680. The van der Waals surface area contributed by atoms with Gasteiger partial charge in [0.2, 0.25) is 5.82 Å². The summed E-state index contributed by atoms with van der Waals surface area (Å²) in [6.07, 6.45) is -3.86. The second kappa shape index (κ2) is 6.86. The van der Waals surface area contributed by atoms with E-state index >= 15 is 0 Å². The van der Waals surface area contributed by atoms with Gasteiger partial charge in [-0.15, -0.1) is 0 Å². The third kappa shape index (κ3) is 3.63. The molecular weight excluding hydrogens is 363 g/mol. The van der Waals surface area contributed by atoms with E-state index in [2.05, 4.69) is 4.98 Å². The molecule has 1 aliphatic rings. The third-order valence-corrected chi connectivity index (χ3v) is 4.84. The summed E-state index contributed by atoms with van der Waals surface area (Å²) in [6, 6.07) is 3.90. The summed E-state index contributed by atoms with van der Waals surface area (Å²) in [5, 5.41) is 9.03. The van der Waals surface area contributed by atoms with Gasteiger partial charge in [0.15, 0.2) is 0 Å². The van der Waals surface area contributed by atoms with Gasteiger partial charge in [0.25, 0.3) is 5.91 Å². The number of alkyl halides is 3. The van der Waals surface area contributed by atoms with Crippen LogP contribution in [0.3, 0.4) is 0 Å². The van der Waals surface area contributed by atoms with Gasteiger partial charge in [-0.1, -0.05) is 0 Å². The highest BCUT2D eigenvalue weighted by molar-refractivity contribution is 5.97. The van der Waals surface area contributed by atoms with Crippen LogP contribution in [0.5, 0.6) is 0 Å². The van der Waals surface area contributed by atoms with Gasteiger partial charge in [-0.2, -0.15) is 13.2 Å². The van der Waals surface area contributed by atoms with Crippen molar-refractivity contribution in [3.05, 3.63) is 29.6 Å². The first kappa shape index (κ1) is 19.2. The Bertz CT molecular complexity index is 881. The van der Waals surface area contributed by atoms with Crippen LogP contribution in [-0.2, 0) is 11.0 Å². The molecule has 27 heavy (non-hydrogen) atoms. The number of piperidine rings is 1. The van der Waals surface area contributed by atoms with Gasteiger partial charge in [-0.3, -0.25) is 9.59 Å². The molecule has 1 fully saturated rings. The van der Waals surface area contributed by atoms with Crippen molar-refractivity contribution in [2.75, 3.05) is 13.1 Å². The van der Waals surface area contributed by atoms with Crippen LogP contribution in [0.4, 0.5) is 13.2 Å². The number of nitrogens with zero attached hydrogens (tertiary/aromatic N) is 3. The molecule has 0 atom stereocenters. The average Bonchev–Trinajstić information content (AvgIpc) is 3.00. The van der Waals surface area contributed by atoms with Crippen molar-refractivity contribution in [2.45, 2.75) is 38.9 Å². The van der Waals surface area contributed by atoms with Crippen molar-refractivity contribution in [1.29, 1.82) is 0 Å². The Hall–Kier alpha value is -2.58. The van der Waals surface area contributed by atoms with E-state index in [1.165, 1.54) is 23.1 Å². The molecule has 1 aromatic heterocycles. The molecular formula is C18H20F3N3O3. The molecule has 1 aliphatic heterocycles. The van der Waals surface area contributed by atoms with Gasteiger partial charge in [0, 0.05) is 24.7 Å². The number of carboxylic acid groups (broad SMARTS) is 1. The smallest absolute Gasteiger partial charge is 0.449 e. The second-order valence-electron chi connectivity index (χ2n) is 7.01. The first-order chi connectivity index (χ1) is 12.6. The van der Waals surface area contributed by atoms with Gasteiger partial charge in [0.05, 0.1) is 17.0 Å². The van der Waals surface area contributed by atoms with E-state index < -0.39 is 29.9 Å². The number of aliphatic carboxylic acids is 1. The molecule has 0 unspecified atom stereocenters. The summed E-state index contributed by atoms with van der Waals surface area (Å²) < 4.78 is 41.0. The number of halogens is 3. The predicted octanol–water partition coefficient (Wildman–Crippen LogP) is 3.57. The number of hydrogen-bond acceptors (Lipinski definition) is 3. The van der Waals surface area contributed by atoms with Gasteiger partial charge in [-0.25, -0.2) is 4.98 Å². The fourth-order valence-corrected chi connectivity index (χ4v) is 3.47. The highest BCUT2D eigenvalue weighted by Gasteiger charge is 2.38. The van der Waals surface area contributed by atoms with Crippen LogP contribution in [0.25, 0.3) is 11.0 Å². The lowest BCUT2D eigenvalue weighted by Gasteiger charge is -2.30. The Morgan fingerprint density at radius 3 is 2.37 bits per heavy atom. The van der Waals surface area contributed by atoms with Gasteiger partial charge in [-0.05, 0) is 44.9 Å². The number of aromatic nitrogens is 2. The van der Waals surface area contributed by atoms with Gasteiger partial charge < -0.3 is 14.6 Å². The number of rotatable bonds is 3. The lowest BCUT2D eigenvalue weighted by molar-refractivity contribution is -0.147. The molecule has 9 heteroatoms. The van der Waals surface area contributed by atoms with Crippen molar-refractivity contribution >= 4 is 22.9 Å². The first-order valence-corrected chi connectivity index (χ1v) is 8.71. The van der Waals surface area contributed by atoms with Crippen molar-refractivity contribution in [3.63, 3.8) is 0 Å². The maximum absolute atomic E-state index is 13.3. The van der Waals surface area contributed by atoms with Crippen LogP contribution in [-0.4, -0.2) is 44.5 Å². The molecule has 1 amide bonds.